The highest BCUT2D eigenvalue weighted by molar-refractivity contribution is 7.95. The summed E-state index contributed by atoms with van der Waals surface area (Å²) in [6, 6.07) is -0.648. The van der Waals surface area contributed by atoms with Crippen molar-refractivity contribution < 1.29 is 57.5 Å². The average molecular weight is 794 g/mol. The number of hydrogen-bond donors (Lipinski definition) is 4. The molecule has 306 valence electrons. The highest BCUT2D eigenvalue weighted by atomic mass is 35.5. The minimum absolute atomic E-state index is 0.0320. The van der Waals surface area contributed by atoms with Crippen molar-refractivity contribution in [3.8, 4) is 0 Å². The Kier molecular flexibility index (Phi) is 19.7. The summed E-state index contributed by atoms with van der Waals surface area (Å²) >= 11 is 7.50. The molecule has 15 heteroatoms. The number of ether oxygens (including phenoxy) is 6. The van der Waals surface area contributed by atoms with Gasteiger partial charge >= 0.3 is 5.97 Å². The van der Waals surface area contributed by atoms with Gasteiger partial charge in [-0.2, -0.15) is 0 Å². The van der Waals surface area contributed by atoms with Gasteiger partial charge in [-0.15, -0.1) is 11.6 Å². The van der Waals surface area contributed by atoms with E-state index in [0.717, 1.165) is 5.57 Å². The van der Waals surface area contributed by atoms with Crippen LogP contribution in [0.1, 0.15) is 73.6 Å². The van der Waals surface area contributed by atoms with E-state index in [2.05, 4.69) is 5.32 Å². The standard InChI is InChI=1S/C38H64ClNO12S/c1-10-28-26(19-48-38-35(47-9)34(46-8)32(44)24(6)50-38)17-20(2)11-13-27(41)22(4)18-25(15-16-39)36(21(3)12-14-29(42)51-28)53-52-37-33(45)30(40-7)31(43)23(5)49-37/h11,13,17,21-26,28,30-38,40,43-45H,10,12,14-16,18-19H2,1-9H3. The van der Waals surface area contributed by atoms with Gasteiger partial charge in [-0.3, -0.25) is 13.8 Å². The Labute approximate surface area is 325 Å². The Balaban J connectivity index is 1.87. The van der Waals surface area contributed by atoms with Crippen molar-refractivity contribution in [3.05, 3.63) is 23.8 Å². The molecule has 2 saturated heterocycles. The summed E-state index contributed by atoms with van der Waals surface area (Å²) in [7, 11) is 4.66. The Morgan fingerprint density at radius 2 is 1.62 bits per heavy atom. The smallest absolute Gasteiger partial charge is 0.306 e. The molecule has 0 aliphatic carbocycles. The molecule has 0 saturated carbocycles. The molecule has 2 fully saturated rings. The molecule has 0 aromatic heterocycles. The third-order valence-electron chi connectivity index (χ3n) is 10.8. The van der Waals surface area contributed by atoms with Crippen LogP contribution in [-0.4, -0.2) is 134 Å². The quantitative estimate of drug-likeness (QED) is 0.127. The lowest BCUT2D eigenvalue weighted by Gasteiger charge is -2.42. The number of aliphatic hydroxyl groups is 3. The molecule has 4 N–H and O–H groups in total. The number of likely N-dealkylation sites (N-methyl/N-ethyl adjacent to an activating group) is 1. The third kappa shape index (κ3) is 12.7. The minimum Gasteiger partial charge on any atom is -0.462 e. The number of carbonyl (C=O) groups excluding carboxylic acids is 2. The second kappa shape index (κ2) is 22.6. The molecule has 16 unspecified atom stereocenters. The molecular weight excluding hydrogens is 730 g/mol. The zero-order valence-electron chi connectivity index (χ0n) is 32.7. The maximum atomic E-state index is 13.5. The van der Waals surface area contributed by atoms with E-state index in [4.69, 9.17) is 44.2 Å². The molecule has 0 radical (unpaired) electrons. The Morgan fingerprint density at radius 3 is 2.25 bits per heavy atom. The van der Waals surface area contributed by atoms with Crippen molar-refractivity contribution in [2.75, 3.05) is 33.8 Å². The monoisotopic (exact) mass is 793 g/mol. The van der Waals surface area contributed by atoms with Gasteiger partial charge in [0.25, 0.3) is 0 Å². The van der Waals surface area contributed by atoms with E-state index in [-0.39, 0.29) is 47.8 Å². The molecule has 16 atom stereocenters. The van der Waals surface area contributed by atoms with E-state index in [1.54, 1.807) is 33.0 Å². The molecule has 0 spiro atoms. The number of hydrogen-bond acceptors (Lipinski definition) is 14. The summed E-state index contributed by atoms with van der Waals surface area (Å²) < 4.78 is 41.5. The van der Waals surface area contributed by atoms with Crippen LogP contribution in [0.3, 0.4) is 0 Å². The summed E-state index contributed by atoms with van der Waals surface area (Å²) in [6.45, 7) is 11.3. The zero-order chi connectivity index (χ0) is 39.4. The van der Waals surface area contributed by atoms with Crippen molar-refractivity contribution in [3.63, 3.8) is 0 Å². The predicted molar refractivity (Wildman–Crippen MR) is 202 cm³/mol. The van der Waals surface area contributed by atoms with E-state index < -0.39 is 73.4 Å². The maximum absolute atomic E-state index is 13.5. The fraction of sp³-hybridized carbons (Fsp3) is 0.842. The number of carbonyl (C=O) groups is 2. The molecule has 0 aromatic rings. The maximum Gasteiger partial charge on any atom is 0.306 e. The molecule has 3 rings (SSSR count). The van der Waals surface area contributed by atoms with E-state index in [9.17, 15) is 24.9 Å². The zero-order valence-corrected chi connectivity index (χ0v) is 34.3. The van der Waals surface area contributed by atoms with Gasteiger partial charge in [-0.25, -0.2) is 0 Å². The van der Waals surface area contributed by atoms with E-state index in [1.807, 2.05) is 33.8 Å². The van der Waals surface area contributed by atoms with Crippen molar-refractivity contribution in [2.45, 2.75) is 146 Å². The van der Waals surface area contributed by atoms with Crippen LogP contribution >= 0.6 is 23.6 Å². The molecule has 0 bridgehead atoms. The first kappa shape index (κ1) is 46.2. The molecular formula is C38H64ClNO12S. The number of ketones is 1. The second-order valence-electron chi connectivity index (χ2n) is 14.7. The van der Waals surface area contributed by atoms with E-state index in [1.165, 1.54) is 26.3 Å². The first-order valence-corrected chi connectivity index (χ1v) is 20.2. The average Bonchev–Trinajstić information content (AvgIpc) is 3.13. The van der Waals surface area contributed by atoms with Crippen molar-refractivity contribution in [2.24, 2.45) is 23.7 Å². The number of rotatable bonds is 12. The summed E-state index contributed by atoms with van der Waals surface area (Å²) in [5.41, 5.74) is 0.796. The molecule has 3 aliphatic heterocycles. The Bertz CT molecular complexity index is 1200. The normalized spacial score (nSPS) is 41.2. The number of halogens is 1. The number of nitrogens with one attached hydrogen (secondary N) is 1. The molecule has 0 amide bonds. The second-order valence-corrected chi connectivity index (χ2v) is 16.0. The predicted octanol–water partition coefficient (Wildman–Crippen LogP) is 3.94. The summed E-state index contributed by atoms with van der Waals surface area (Å²) in [4.78, 5) is 27.0. The van der Waals surface area contributed by atoms with Crippen LogP contribution in [0, 0.1) is 23.7 Å². The van der Waals surface area contributed by atoms with E-state index in [0.29, 0.717) is 31.6 Å². The van der Waals surface area contributed by atoms with Crippen molar-refractivity contribution in [1.82, 2.24) is 5.32 Å². The summed E-state index contributed by atoms with van der Waals surface area (Å²) in [5, 5.41) is 34.8. The lowest BCUT2D eigenvalue weighted by molar-refractivity contribution is -0.304. The topological polar surface area (TPSA) is 171 Å². The largest absolute Gasteiger partial charge is 0.462 e. The summed E-state index contributed by atoms with van der Waals surface area (Å²) in [5.74, 6) is -0.891. The van der Waals surface area contributed by atoms with Crippen LogP contribution in [0.5, 0.6) is 0 Å². The Hall–Kier alpha value is -1.14. The van der Waals surface area contributed by atoms with Crippen molar-refractivity contribution in [1.29, 1.82) is 0 Å². The van der Waals surface area contributed by atoms with Crippen LogP contribution in [-0.2, 0) is 42.2 Å². The van der Waals surface area contributed by atoms with Crippen LogP contribution in [0.4, 0.5) is 0 Å². The highest BCUT2D eigenvalue weighted by Crippen LogP contribution is 2.39. The molecule has 3 heterocycles. The molecule has 53 heavy (non-hydrogen) atoms. The van der Waals surface area contributed by atoms with Crippen LogP contribution in [0.2, 0.25) is 0 Å². The number of methoxy groups -OCH3 is 2. The number of cyclic esters (lactones) is 1. The highest BCUT2D eigenvalue weighted by Gasteiger charge is 2.46. The third-order valence-corrected chi connectivity index (χ3v) is 12.4. The fourth-order valence-corrected chi connectivity index (χ4v) is 8.84. The number of aliphatic hydroxyl groups excluding tert-OH is 3. The first-order chi connectivity index (χ1) is 25.2. The SMILES string of the molecule is CCC1OC(=O)CCC(C)C(SOC2OC(C)C(O)C(NC)C2O)C(CCCl)CC(C)C(=O)C=CC(C)=CC1COC1OC(C)C(O)C(OC)C1OC. The van der Waals surface area contributed by atoms with Crippen LogP contribution in [0.25, 0.3) is 0 Å². The summed E-state index contributed by atoms with van der Waals surface area (Å²) in [6.07, 6.45) is -0.328. The van der Waals surface area contributed by atoms with Gasteiger partial charge in [0.15, 0.2) is 18.4 Å². The molecule has 13 nitrogen and oxygen atoms in total. The van der Waals surface area contributed by atoms with Crippen LogP contribution in [0.15, 0.2) is 23.8 Å². The van der Waals surface area contributed by atoms with E-state index >= 15 is 0 Å². The Morgan fingerprint density at radius 1 is 0.962 bits per heavy atom. The fourth-order valence-electron chi connectivity index (χ4n) is 7.43. The van der Waals surface area contributed by atoms with Gasteiger partial charge in [-0.05, 0) is 83.5 Å². The lowest BCUT2D eigenvalue weighted by Crippen LogP contribution is -2.61. The van der Waals surface area contributed by atoms with Gasteiger partial charge in [0.1, 0.15) is 30.5 Å². The van der Waals surface area contributed by atoms with Crippen molar-refractivity contribution >= 4 is 35.4 Å². The number of esters is 1. The van der Waals surface area contributed by atoms with Crippen LogP contribution < -0.4 is 5.32 Å². The lowest BCUT2D eigenvalue weighted by atomic mass is 9.83. The van der Waals surface area contributed by atoms with Gasteiger partial charge in [-0.1, -0.05) is 38.5 Å². The van der Waals surface area contributed by atoms with Gasteiger partial charge in [0.05, 0.1) is 31.0 Å². The number of alkyl halides is 1. The van der Waals surface area contributed by atoms with Gasteiger partial charge in [0.2, 0.25) is 0 Å². The molecule has 3 aliphatic rings. The number of allylic oxidation sites excluding steroid dienone is 3. The minimum atomic E-state index is -1.13. The van der Waals surface area contributed by atoms with Gasteiger partial charge in [0, 0.05) is 43.6 Å². The first-order valence-electron chi connectivity index (χ1n) is 18.9. The molecule has 0 aromatic carbocycles. The van der Waals surface area contributed by atoms with Gasteiger partial charge < -0.3 is 49.1 Å².